The Bertz CT molecular complexity index is 1340. The topological polar surface area (TPSA) is 112 Å². The van der Waals surface area contributed by atoms with E-state index in [1.165, 1.54) is 24.0 Å². The van der Waals surface area contributed by atoms with Gasteiger partial charge in [0.15, 0.2) is 5.88 Å². The van der Waals surface area contributed by atoms with Crippen LogP contribution in [0.3, 0.4) is 0 Å². The Morgan fingerprint density at radius 2 is 1.75 bits per heavy atom. The second kappa shape index (κ2) is 8.35. The van der Waals surface area contributed by atoms with E-state index in [-0.39, 0.29) is 17.5 Å². The SMILES string of the molecule is CC(=O)N(C)c1ccc(N=C(c2ccccc2)c2c(O)[nH]c3ccc([N+](=O)[O-])cc23)cc1. The van der Waals surface area contributed by atoms with Crippen molar-refractivity contribution in [1.82, 2.24) is 4.98 Å². The number of hydrogen-bond acceptors (Lipinski definition) is 5. The number of carbonyl (C=O) groups excluding carboxylic acids is 1. The highest BCUT2D eigenvalue weighted by Gasteiger charge is 2.21. The number of benzene rings is 3. The molecule has 0 spiro atoms. The second-order valence-corrected chi connectivity index (χ2v) is 7.26. The van der Waals surface area contributed by atoms with Gasteiger partial charge < -0.3 is 15.0 Å². The number of nitro groups is 1. The molecule has 3 aromatic carbocycles. The predicted octanol–water partition coefficient (Wildman–Crippen LogP) is 4.93. The van der Waals surface area contributed by atoms with Crippen molar-refractivity contribution in [3.05, 3.63) is 94.0 Å². The molecule has 4 rings (SSSR count). The molecule has 0 radical (unpaired) electrons. The summed E-state index contributed by atoms with van der Waals surface area (Å²) in [5, 5.41) is 22.5. The van der Waals surface area contributed by atoms with E-state index in [0.29, 0.717) is 27.9 Å². The van der Waals surface area contributed by atoms with E-state index >= 15 is 0 Å². The Labute approximate surface area is 183 Å². The zero-order valence-corrected chi connectivity index (χ0v) is 17.4. The molecule has 8 nitrogen and oxygen atoms in total. The molecule has 8 heteroatoms. The first-order valence-electron chi connectivity index (χ1n) is 9.83. The van der Waals surface area contributed by atoms with E-state index in [0.717, 1.165) is 11.3 Å². The van der Waals surface area contributed by atoms with Gasteiger partial charge in [-0.1, -0.05) is 30.3 Å². The highest BCUT2D eigenvalue weighted by molar-refractivity contribution is 6.22. The summed E-state index contributed by atoms with van der Waals surface area (Å²) in [4.78, 5) is 31.6. The summed E-state index contributed by atoms with van der Waals surface area (Å²) >= 11 is 0. The number of aromatic nitrogens is 1. The Kier molecular flexibility index (Phi) is 5.43. The van der Waals surface area contributed by atoms with Crippen LogP contribution in [-0.2, 0) is 4.79 Å². The number of non-ortho nitro benzene ring substituents is 1. The molecule has 1 heterocycles. The molecule has 0 saturated carbocycles. The fraction of sp³-hybridized carbons (Fsp3) is 0.0833. The standard InChI is InChI=1S/C24H20N4O4/c1-15(29)27(2)18-10-8-17(9-11-18)25-23(16-6-4-3-5-7-16)22-20-14-19(28(31)32)12-13-21(20)26-24(22)30/h3-14,26,30H,1-2H3. The molecule has 160 valence electrons. The number of aliphatic imine (C=N–C) groups is 1. The fourth-order valence-electron chi connectivity index (χ4n) is 3.44. The smallest absolute Gasteiger partial charge is 0.270 e. The van der Waals surface area contributed by atoms with Crippen LogP contribution in [0, 0.1) is 10.1 Å². The third-order valence-electron chi connectivity index (χ3n) is 5.21. The van der Waals surface area contributed by atoms with Crippen molar-refractivity contribution in [2.45, 2.75) is 6.92 Å². The Morgan fingerprint density at radius 1 is 1.06 bits per heavy atom. The summed E-state index contributed by atoms with van der Waals surface area (Å²) < 4.78 is 0. The normalized spacial score (nSPS) is 11.5. The minimum absolute atomic E-state index is 0.0817. The third-order valence-corrected chi connectivity index (χ3v) is 5.21. The van der Waals surface area contributed by atoms with Crippen LogP contribution in [0.1, 0.15) is 18.1 Å². The second-order valence-electron chi connectivity index (χ2n) is 7.26. The lowest BCUT2D eigenvalue weighted by Gasteiger charge is -2.15. The molecule has 0 aliphatic carbocycles. The number of nitrogens with zero attached hydrogens (tertiary/aromatic N) is 3. The van der Waals surface area contributed by atoms with Gasteiger partial charge in [0.25, 0.3) is 5.69 Å². The van der Waals surface area contributed by atoms with Crippen molar-refractivity contribution < 1.29 is 14.8 Å². The zero-order chi connectivity index (χ0) is 22.8. The van der Waals surface area contributed by atoms with Gasteiger partial charge in [0.1, 0.15) is 0 Å². The number of H-pyrrole nitrogens is 1. The van der Waals surface area contributed by atoms with Crippen molar-refractivity contribution in [1.29, 1.82) is 0 Å². The average molecular weight is 428 g/mol. The molecule has 1 aromatic heterocycles. The summed E-state index contributed by atoms with van der Waals surface area (Å²) in [5.41, 5.74) is 3.38. The number of aromatic amines is 1. The summed E-state index contributed by atoms with van der Waals surface area (Å²) in [7, 11) is 1.69. The number of nitrogens with one attached hydrogen (secondary N) is 1. The molecule has 2 N–H and O–H groups in total. The number of aromatic hydroxyl groups is 1. The largest absolute Gasteiger partial charge is 0.494 e. The molecule has 0 unspecified atom stereocenters. The van der Waals surface area contributed by atoms with Gasteiger partial charge in [-0.2, -0.15) is 0 Å². The van der Waals surface area contributed by atoms with Gasteiger partial charge in [0.05, 0.1) is 21.9 Å². The lowest BCUT2D eigenvalue weighted by atomic mass is 10.0. The maximum Gasteiger partial charge on any atom is 0.270 e. The van der Waals surface area contributed by atoms with Gasteiger partial charge >= 0.3 is 0 Å². The van der Waals surface area contributed by atoms with Gasteiger partial charge in [-0.3, -0.25) is 14.9 Å². The first-order chi connectivity index (χ1) is 15.3. The van der Waals surface area contributed by atoms with Crippen molar-refractivity contribution in [3.8, 4) is 5.88 Å². The third kappa shape index (κ3) is 3.93. The van der Waals surface area contributed by atoms with Crippen LogP contribution in [0.2, 0.25) is 0 Å². The lowest BCUT2D eigenvalue weighted by molar-refractivity contribution is -0.384. The maximum absolute atomic E-state index is 11.6. The molecule has 32 heavy (non-hydrogen) atoms. The van der Waals surface area contributed by atoms with Crippen LogP contribution >= 0.6 is 0 Å². The average Bonchev–Trinajstić information content (AvgIpc) is 3.12. The van der Waals surface area contributed by atoms with Gasteiger partial charge in [0.2, 0.25) is 5.91 Å². The highest BCUT2D eigenvalue weighted by Crippen LogP contribution is 2.33. The Balaban J connectivity index is 1.90. The van der Waals surface area contributed by atoms with Crippen molar-refractivity contribution in [2.24, 2.45) is 4.99 Å². The first kappa shape index (κ1) is 20.8. The number of nitro benzene ring substituents is 1. The van der Waals surface area contributed by atoms with Gasteiger partial charge in [-0.05, 0) is 30.3 Å². The summed E-state index contributed by atoms with van der Waals surface area (Å²) in [6.07, 6.45) is 0. The van der Waals surface area contributed by atoms with Crippen molar-refractivity contribution in [2.75, 3.05) is 11.9 Å². The molecule has 0 saturated heterocycles. The van der Waals surface area contributed by atoms with Crippen LogP contribution < -0.4 is 4.90 Å². The van der Waals surface area contributed by atoms with Crippen molar-refractivity contribution in [3.63, 3.8) is 0 Å². The molecule has 0 aliphatic rings. The predicted molar refractivity (Wildman–Crippen MR) is 124 cm³/mol. The van der Waals surface area contributed by atoms with Crippen molar-refractivity contribution >= 4 is 39.6 Å². The van der Waals surface area contributed by atoms with Crippen LogP contribution in [0.15, 0.2) is 77.8 Å². The summed E-state index contributed by atoms with van der Waals surface area (Å²) in [6.45, 7) is 1.48. The molecule has 0 bridgehead atoms. The van der Waals surface area contributed by atoms with Gasteiger partial charge in [-0.25, -0.2) is 4.99 Å². The molecule has 0 atom stereocenters. The van der Waals surface area contributed by atoms with E-state index in [9.17, 15) is 20.0 Å². The minimum Gasteiger partial charge on any atom is -0.494 e. The number of fused-ring (bicyclic) bond motifs is 1. The molecular weight excluding hydrogens is 408 g/mol. The quantitative estimate of drug-likeness (QED) is 0.266. The summed E-state index contributed by atoms with van der Waals surface area (Å²) in [6, 6.07) is 20.7. The number of carbonyl (C=O) groups is 1. The van der Waals surface area contributed by atoms with E-state index in [1.54, 1.807) is 37.4 Å². The van der Waals surface area contributed by atoms with Crippen LogP contribution in [0.5, 0.6) is 5.88 Å². The van der Waals surface area contributed by atoms with E-state index in [2.05, 4.69) is 4.98 Å². The van der Waals surface area contributed by atoms with E-state index in [1.807, 2.05) is 30.3 Å². The maximum atomic E-state index is 11.6. The van der Waals surface area contributed by atoms with Gasteiger partial charge in [0, 0.05) is 48.3 Å². The summed E-state index contributed by atoms with van der Waals surface area (Å²) in [5.74, 6) is -0.215. The molecule has 1 amide bonds. The van der Waals surface area contributed by atoms with E-state index < -0.39 is 4.92 Å². The number of anilines is 1. The van der Waals surface area contributed by atoms with Crippen LogP contribution in [-0.4, -0.2) is 33.7 Å². The molecule has 0 fully saturated rings. The molecule has 0 aliphatic heterocycles. The fourth-order valence-corrected chi connectivity index (χ4v) is 3.44. The Hall–Kier alpha value is -4.46. The van der Waals surface area contributed by atoms with E-state index in [4.69, 9.17) is 4.99 Å². The number of rotatable bonds is 5. The van der Waals surface area contributed by atoms with Crippen LogP contribution in [0.4, 0.5) is 17.1 Å². The molecular formula is C24H20N4O4. The minimum atomic E-state index is -0.475. The number of amides is 1. The molecule has 4 aromatic rings. The lowest BCUT2D eigenvalue weighted by Crippen LogP contribution is -2.22. The first-order valence-corrected chi connectivity index (χ1v) is 9.83. The van der Waals surface area contributed by atoms with Crippen LogP contribution in [0.25, 0.3) is 10.9 Å². The zero-order valence-electron chi connectivity index (χ0n) is 17.4. The number of hydrogen-bond donors (Lipinski definition) is 2. The highest BCUT2D eigenvalue weighted by atomic mass is 16.6. The van der Waals surface area contributed by atoms with Gasteiger partial charge in [-0.15, -0.1) is 0 Å². The Morgan fingerprint density at radius 3 is 2.38 bits per heavy atom. The monoisotopic (exact) mass is 428 g/mol.